The number of benzene rings is 1. The maximum absolute atomic E-state index is 11.2. The van der Waals surface area contributed by atoms with E-state index < -0.39 is 0 Å². The molecule has 0 bridgehead atoms. The van der Waals surface area contributed by atoms with E-state index in [0.717, 1.165) is 23.8 Å². The number of rotatable bonds is 5. The zero-order valence-corrected chi connectivity index (χ0v) is 10.3. The summed E-state index contributed by atoms with van der Waals surface area (Å²) < 4.78 is 0. The van der Waals surface area contributed by atoms with E-state index in [0.29, 0.717) is 6.42 Å². The zero-order chi connectivity index (χ0) is 12.1. The molecule has 0 radical (unpaired) electrons. The van der Waals surface area contributed by atoms with Gasteiger partial charge in [-0.15, -0.1) is 0 Å². The minimum absolute atomic E-state index is 0.0557. The summed E-state index contributed by atoms with van der Waals surface area (Å²) in [7, 11) is 0. The molecule has 1 saturated carbocycles. The number of carbonyl (C=O) groups excluding carboxylic acids is 1. The molecule has 1 aromatic rings. The van der Waals surface area contributed by atoms with Gasteiger partial charge in [-0.3, -0.25) is 4.79 Å². The van der Waals surface area contributed by atoms with Gasteiger partial charge in [-0.25, -0.2) is 0 Å². The minimum Gasteiger partial charge on any atom is -0.385 e. The highest BCUT2D eigenvalue weighted by Gasteiger charge is 2.16. The molecule has 1 aliphatic carbocycles. The van der Waals surface area contributed by atoms with E-state index in [1.807, 2.05) is 31.2 Å². The third-order valence-corrected chi connectivity index (χ3v) is 3.31. The molecule has 1 amide bonds. The van der Waals surface area contributed by atoms with Crippen LogP contribution in [-0.2, 0) is 4.79 Å². The molecule has 1 aliphatic rings. The Bertz CT molecular complexity index is 368. The van der Waals surface area contributed by atoms with Gasteiger partial charge in [0.1, 0.15) is 0 Å². The maximum atomic E-state index is 11.2. The molecule has 0 aliphatic heterocycles. The second-order valence-electron chi connectivity index (χ2n) is 4.66. The van der Waals surface area contributed by atoms with Gasteiger partial charge in [-0.1, -0.05) is 13.3 Å². The lowest BCUT2D eigenvalue weighted by Gasteiger charge is -2.25. The van der Waals surface area contributed by atoms with Crippen LogP contribution in [0.4, 0.5) is 11.4 Å². The molecule has 1 fully saturated rings. The van der Waals surface area contributed by atoms with Crippen molar-refractivity contribution in [2.24, 2.45) is 5.92 Å². The Hall–Kier alpha value is -1.51. The monoisotopic (exact) mass is 232 g/mol. The fourth-order valence-electron chi connectivity index (χ4n) is 1.88. The van der Waals surface area contributed by atoms with Gasteiger partial charge >= 0.3 is 0 Å². The molecule has 0 aromatic heterocycles. The Morgan fingerprint density at radius 1 is 1.24 bits per heavy atom. The zero-order valence-electron chi connectivity index (χ0n) is 10.3. The number of hydrogen-bond acceptors (Lipinski definition) is 2. The molecular weight excluding hydrogens is 212 g/mol. The minimum atomic E-state index is 0.0557. The van der Waals surface area contributed by atoms with Gasteiger partial charge < -0.3 is 10.6 Å². The average Bonchev–Trinajstić information content (AvgIpc) is 2.29. The predicted molar refractivity (Wildman–Crippen MR) is 71.2 cm³/mol. The molecule has 2 rings (SSSR count). The summed E-state index contributed by atoms with van der Waals surface area (Å²) in [5.74, 6) is 0.912. The van der Waals surface area contributed by atoms with Crippen LogP contribution < -0.4 is 10.6 Å². The van der Waals surface area contributed by atoms with Gasteiger partial charge in [0, 0.05) is 24.3 Å². The lowest BCUT2D eigenvalue weighted by atomic mass is 9.85. The van der Waals surface area contributed by atoms with Gasteiger partial charge in [-0.2, -0.15) is 0 Å². The molecule has 92 valence electrons. The smallest absolute Gasteiger partial charge is 0.224 e. The van der Waals surface area contributed by atoms with Crippen molar-refractivity contribution in [3.05, 3.63) is 24.3 Å². The van der Waals surface area contributed by atoms with Gasteiger partial charge in [0.25, 0.3) is 0 Å². The van der Waals surface area contributed by atoms with Crippen LogP contribution in [0.25, 0.3) is 0 Å². The summed E-state index contributed by atoms with van der Waals surface area (Å²) in [5.41, 5.74) is 2.00. The summed E-state index contributed by atoms with van der Waals surface area (Å²) in [4.78, 5) is 11.2. The van der Waals surface area contributed by atoms with Crippen LogP contribution in [0.1, 0.15) is 32.6 Å². The molecule has 1 aromatic carbocycles. The van der Waals surface area contributed by atoms with E-state index in [-0.39, 0.29) is 5.91 Å². The summed E-state index contributed by atoms with van der Waals surface area (Å²) in [6.45, 7) is 2.92. The Balaban J connectivity index is 1.81. The first-order valence-electron chi connectivity index (χ1n) is 6.41. The van der Waals surface area contributed by atoms with Crippen LogP contribution >= 0.6 is 0 Å². The Morgan fingerprint density at radius 2 is 1.88 bits per heavy atom. The lowest BCUT2D eigenvalue weighted by molar-refractivity contribution is -0.115. The van der Waals surface area contributed by atoms with Crippen molar-refractivity contribution in [1.82, 2.24) is 0 Å². The normalized spacial score (nSPS) is 15.1. The highest BCUT2D eigenvalue weighted by Crippen LogP contribution is 2.26. The Morgan fingerprint density at radius 3 is 2.41 bits per heavy atom. The van der Waals surface area contributed by atoms with Crippen molar-refractivity contribution >= 4 is 17.3 Å². The van der Waals surface area contributed by atoms with E-state index in [1.54, 1.807) is 0 Å². The van der Waals surface area contributed by atoms with E-state index in [9.17, 15) is 4.79 Å². The van der Waals surface area contributed by atoms with Crippen molar-refractivity contribution in [2.45, 2.75) is 32.6 Å². The largest absolute Gasteiger partial charge is 0.385 e. The molecule has 3 nitrogen and oxygen atoms in total. The van der Waals surface area contributed by atoms with Crippen molar-refractivity contribution in [3.63, 3.8) is 0 Å². The highest BCUT2D eigenvalue weighted by molar-refractivity contribution is 5.90. The number of hydrogen-bond donors (Lipinski definition) is 2. The number of nitrogens with one attached hydrogen (secondary N) is 2. The van der Waals surface area contributed by atoms with Gasteiger partial charge in [0.2, 0.25) is 5.91 Å². The first-order valence-corrected chi connectivity index (χ1v) is 6.41. The molecule has 0 atom stereocenters. The first kappa shape index (κ1) is 12.0. The second kappa shape index (κ2) is 5.71. The SMILES string of the molecule is CCC(=O)Nc1ccc(NCC2CCC2)cc1. The molecule has 0 saturated heterocycles. The van der Waals surface area contributed by atoms with Crippen LogP contribution in [0.5, 0.6) is 0 Å². The standard InChI is InChI=1S/C14H20N2O/c1-2-14(17)16-13-8-6-12(7-9-13)15-10-11-4-3-5-11/h6-9,11,15H,2-5,10H2,1H3,(H,16,17). The van der Waals surface area contributed by atoms with Crippen LogP contribution in [0.2, 0.25) is 0 Å². The van der Waals surface area contributed by atoms with E-state index in [2.05, 4.69) is 10.6 Å². The third-order valence-electron chi connectivity index (χ3n) is 3.31. The third kappa shape index (κ3) is 3.48. The fraction of sp³-hybridized carbons (Fsp3) is 0.500. The van der Waals surface area contributed by atoms with E-state index >= 15 is 0 Å². The molecule has 0 unspecified atom stereocenters. The number of carbonyl (C=O) groups is 1. The van der Waals surface area contributed by atoms with E-state index in [1.165, 1.54) is 19.3 Å². The predicted octanol–water partition coefficient (Wildman–Crippen LogP) is 3.25. The topological polar surface area (TPSA) is 41.1 Å². The summed E-state index contributed by atoms with van der Waals surface area (Å²) in [6.07, 6.45) is 4.62. The second-order valence-corrected chi connectivity index (χ2v) is 4.66. The molecule has 0 heterocycles. The molecule has 17 heavy (non-hydrogen) atoms. The van der Waals surface area contributed by atoms with Crippen LogP contribution in [-0.4, -0.2) is 12.5 Å². The summed E-state index contributed by atoms with van der Waals surface area (Å²) >= 11 is 0. The van der Waals surface area contributed by atoms with Crippen molar-refractivity contribution < 1.29 is 4.79 Å². The first-order chi connectivity index (χ1) is 8.28. The number of anilines is 2. The Labute approximate surface area is 103 Å². The van der Waals surface area contributed by atoms with Crippen LogP contribution in [0.3, 0.4) is 0 Å². The average molecular weight is 232 g/mol. The number of amides is 1. The van der Waals surface area contributed by atoms with Gasteiger partial charge in [0.05, 0.1) is 0 Å². The molecular formula is C14H20N2O. The van der Waals surface area contributed by atoms with Crippen molar-refractivity contribution in [1.29, 1.82) is 0 Å². The molecule has 3 heteroatoms. The van der Waals surface area contributed by atoms with Crippen LogP contribution in [0.15, 0.2) is 24.3 Å². The quantitative estimate of drug-likeness (QED) is 0.818. The molecule has 2 N–H and O–H groups in total. The van der Waals surface area contributed by atoms with Crippen molar-refractivity contribution in [2.75, 3.05) is 17.2 Å². The molecule has 0 spiro atoms. The van der Waals surface area contributed by atoms with Crippen molar-refractivity contribution in [3.8, 4) is 0 Å². The lowest BCUT2D eigenvalue weighted by Crippen LogP contribution is -2.20. The fourth-order valence-corrected chi connectivity index (χ4v) is 1.88. The Kier molecular flexibility index (Phi) is 4.02. The summed E-state index contributed by atoms with van der Waals surface area (Å²) in [6, 6.07) is 7.92. The summed E-state index contributed by atoms with van der Waals surface area (Å²) in [5, 5.41) is 6.27. The van der Waals surface area contributed by atoms with E-state index in [4.69, 9.17) is 0 Å². The van der Waals surface area contributed by atoms with Gasteiger partial charge in [-0.05, 0) is 43.0 Å². The van der Waals surface area contributed by atoms with Crippen LogP contribution in [0, 0.1) is 5.92 Å². The van der Waals surface area contributed by atoms with Gasteiger partial charge in [0.15, 0.2) is 0 Å². The highest BCUT2D eigenvalue weighted by atomic mass is 16.1. The maximum Gasteiger partial charge on any atom is 0.224 e.